The van der Waals surface area contributed by atoms with Crippen LogP contribution in [0.4, 0.5) is 0 Å². The van der Waals surface area contributed by atoms with Crippen molar-refractivity contribution in [2.75, 3.05) is 5.75 Å². The first-order chi connectivity index (χ1) is 9.49. The first kappa shape index (κ1) is 15.6. The summed E-state index contributed by atoms with van der Waals surface area (Å²) >= 11 is 5.33. The fourth-order valence-electron chi connectivity index (χ4n) is 2.08. The minimum atomic E-state index is -0.0419. The molecule has 0 spiro atoms. The standard InChI is InChI=1S/C15H20BrN3S/c1-10(2)19-15(13(16)8-18-19)14(17)9-20-12-6-4-5-11(3)7-12/h4-8,10,14H,9,17H2,1-3H3. The van der Waals surface area contributed by atoms with E-state index < -0.39 is 0 Å². The van der Waals surface area contributed by atoms with E-state index in [9.17, 15) is 0 Å². The Labute approximate surface area is 133 Å². The van der Waals surface area contributed by atoms with Gasteiger partial charge in [0, 0.05) is 16.7 Å². The quantitative estimate of drug-likeness (QED) is 0.813. The number of hydrogen-bond donors (Lipinski definition) is 1. The maximum absolute atomic E-state index is 6.35. The third-order valence-electron chi connectivity index (χ3n) is 3.05. The van der Waals surface area contributed by atoms with Crippen molar-refractivity contribution in [3.8, 4) is 0 Å². The largest absolute Gasteiger partial charge is 0.322 e. The van der Waals surface area contributed by atoms with Gasteiger partial charge in [0.05, 0.1) is 22.4 Å². The van der Waals surface area contributed by atoms with Crippen LogP contribution in [0.25, 0.3) is 0 Å². The van der Waals surface area contributed by atoms with Crippen LogP contribution in [0.3, 0.4) is 0 Å². The molecule has 2 aromatic rings. The molecule has 0 amide bonds. The van der Waals surface area contributed by atoms with Crippen molar-refractivity contribution in [2.45, 2.75) is 37.8 Å². The first-order valence-corrected chi connectivity index (χ1v) is 8.45. The molecule has 2 rings (SSSR count). The van der Waals surface area contributed by atoms with Crippen LogP contribution in [0.2, 0.25) is 0 Å². The summed E-state index contributed by atoms with van der Waals surface area (Å²) < 4.78 is 2.98. The minimum absolute atomic E-state index is 0.0419. The zero-order valence-electron chi connectivity index (χ0n) is 12.0. The molecule has 0 bridgehead atoms. The van der Waals surface area contributed by atoms with Gasteiger partial charge in [-0.1, -0.05) is 17.7 Å². The maximum Gasteiger partial charge on any atom is 0.0705 e. The summed E-state index contributed by atoms with van der Waals surface area (Å²) in [4.78, 5) is 1.26. The molecule has 0 aliphatic heterocycles. The molecule has 3 nitrogen and oxygen atoms in total. The zero-order valence-corrected chi connectivity index (χ0v) is 14.4. The Morgan fingerprint density at radius 1 is 1.40 bits per heavy atom. The Morgan fingerprint density at radius 2 is 2.15 bits per heavy atom. The number of benzene rings is 1. The molecule has 108 valence electrons. The van der Waals surface area contributed by atoms with Crippen LogP contribution in [-0.2, 0) is 0 Å². The van der Waals surface area contributed by atoms with Gasteiger partial charge in [-0.2, -0.15) is 5.10 Å². The Bertz CT molecular complexity index is 580. The number of aryl methyl sites for hydroxylation is 1. The van der Waals surface area contributed by atoms with Crippen LogP contribution in [-0.4, -0.2) is 15.5 Å². The SMILES string of the molecule is Cc1cccc(SCC(N)c2c(Br)cnn2C(C)C)c1. The highest BCUT2D eigenvalue weighted by Gasteiger charge is 2.18. The van der Waals surface area contributed by atoms with Crippen molar-refractivity contribution in [2.24, 2.45) is 5.73 Å². The molecule has 0 aliphatic carbocycles. The second kappa shape index (κ2) is 6.78. The van der Waals surface area contributed by atoms with E-state index in [0.29, 0.717) is 6.04 Å². The summed E-state index contributed by atoms with van der Waals surface area (Å²) in [5.74, 6) is 0.834. The Morgan fingerprint density at radius 3 is 2.80 bits per heavy atom. The van der Waals surface area contributed by atoms with Crippen LogP contribution in [0, 0.1) is 6.92 Å². The molecular weight excluding hydrogens is 334 g/mol. The van der Waals surface area contributed by atoms with Gasteiger partial charge in [-0.25, -0.2) is 0 Å². The van der Waals surface area contributed by atoms with Gasteiger partial charge in [-0.3, -0.25) is 4.68 Å². The molecule has 1 heterocycles. The fourth-order valence-corrected chi connectivity index (χ4v) is 3.62. The van der Waals surface area contributed by atoms with E-state index in [0.717, 1.165) is 15.9 Å². The number of nitrogens with two attached hydrogens (primary N) is 1. The molecule has 1 unspecified atom stereocenters. The van der Waals surface area contributed by atoms with Gasteiger partial charge in [-0.15, -0.1) is 11.8 Å². The van der Waals surface area contributed by atoms with Crippen LogP contribution < -0.4 is 5.73 Å². The van der Waals surface area contributed by atoms with E-state index in [1.807, 2.05) is 10.9 Å². The summed E-state index contributed by atoms with van der Waals surface area (Å²) in [5, 5.41) is 4.39. The van der Waals surface area contributed by atoms with E-state index >= 15 is 0 Å². The molecule has 0 aliphatic rings. The summed E-state index contributed by atoms with van der Waals surface area (Å²) in [6.45, 7) is 6.33. The third kappa shape index (κ3) is 3.65. The average molecular weight is 354 g/mol. The second-order valence-electron chi connectivity index (χ2n) is 5.15. The van der Waals surface area contributed by atoms with Gasteiger partial charge in [0.1, 0.15) is 0 Å². The van der Waals surface area contributed by atoms with Gasteiger partial charge in [0.25, 0.3) is 0 Å². The first-order valence-electron chi connectivity index (χ1n) is 6.67. The molecule has 1 aromatic heterocycles. The van der Waals surface area contributed by atoms with Gasteiger partial charge < -0.3 is 5.73 Å². The van der Waals surface area contributed by atoms with Crippen LogP contribution in [0.1, 0.15) is 37.2 Å². The minimum Gasteiger partial charge on any atom is -0.322 e. The predicted molar refractivity (Wildman–Crippen MR) is 89.1 cm³/mol. The molecule has 2 N–H and O–H groups in total. The van der Waals surface area contributed by atoms with Gasteiger partial charge in [0.15, 0.2) is 0 Å². The lowest BCUT2D eigenvalue weighted by molar-refractivity contribution is 0.494. The topological polar surface area (TPSA) is 43.8 Å². The Kier molecular flexibility index (Phi) is 5.29. The van der Waals surface area contributed by atoms with E-state index in [2.05, 4.69) is 66.1 Å². The number of aromatic nitrogens is 2. The normalized spacial score (nSPS) is 12.9. The van der Waals surface area contributed by atoms with Crippen molar-refractivity contribution >= 4 is 27.7 Å². The highest BCUT2D eigenvalue weighted by Crippen LogP contribution is 2.29. The fraction of sp³-hybridized carbons (Fsp3) is 0.400. The highest BCUT2D eigenvalue weighted by molar-refractivity contribution is 9.10. The molecule has 0 saturated heterocycles. The van der Waals surface area contributed by atoms with Crippen molar-refractivity contribution in [1.82, 2.24) is 9.78 Å². The molecular formula is C15H20BrN3S. The highest BCUT2D eigenvalue weighted by atomic mass is 79.9. The Balaban J connectivity index is 2.09. The zero-order chi connectivity index (χ0) is 14.7. The molecule has 5 heteroatoms. The summed E-state index contributed by atoms with van der Waals surface area (Å²) in [5.41, 5.74) is 8.70. The van der Waals surface area contributed by atoms with E-state index in [-0.39, 0.29) is 6.04 Å². The summed E-state index contributed by atoms with van der Waals surface area (Å²) in [7, 11) is 0. The lowest BCUT2D eigenvalue weighted by Gasteiger charge is -2.17. The number of rotatable bonds is 5. The van der Waals surface area contributed by atoms with Crippen LogP contribution >= 0.6 is 27.7 Å². The molecule has 0 fully saturated rings. The van der Waals surface area contributed by atoms with Crippen molar-refractivity contribution in [1.29, 1.82) is 0 Å². The summed E-state index contributed by atoms with van der Waals surface area (Å²) in [6, 6.07) is 8.77. The monoisotopic (exact) mass is 353 g/mol. The van der Waals surface area contributed by atoms with Crippen LogP contribution in [0.5, 0.6) is 0 Å². The molecule has 20 heavy (non-hydrogen) atoms. The van der Waals surface area contributed by atoms with E-state index in [1.165, 1.54) is 10.5 Å². The van der Waals surface area contributed by atoms with Gasteiger partial charge in [0.2, 0.25) is 0 Å². The van der Waals surface area contributed by atoms with Crippen molar-refractivity contribution in [3.63, 3.8) is 0 Å². The van der Waals surface area contributed by atoms with Crippen molar-refractivity contribution in [3.05, 3.63) is 46.2 Å². The van der Waals surface area contributed by atoms with Gasteiger partial charge >= 0.3 is 0 Å². The van der Waals surface area contributed by atoms with Crippen molar-refractivity contribution < 1.29 is 0 Å². The molecule has 1 atom stereocenters. The number of nitrogens with zero attached hydrogens (tertiary/aromatic N) is 2. The lowest BCUT2D eigenvalue weighted by atomic mass is 10.2. The van der Waals surface area contributed by atoms with E-state index in [4.69, 9.17) is 5.73 Å². The Hall–Kier alpha value is -0.780. The summed E-state index contributed by atoms with van der Waals surface area (Å²) in [6.07, 6.45) is 1.83. The average Bonchev–Trinajstić information content (AvgIpc) is 2.78. The molecule has 0 saturated carbocycles. The number of thioether (sulfide) groups is 1. The number of halogens is 1. The smallest absolute Gasteiger partial charge is 0.0705 e. The third-order valence-corrected chi connectivity index (χ3v) is 4.77. The molecule has 1 aromatic carbocycles. The van der Waals surface area contributed by atoms with E-state index in [1.54, 1.807) is 11.8 Å². The van der Waals surface area contributed by atoms with Gasteiger partial charge in [-0.05, 0) is 48.8 Å². The number of hydrogen-bond acceptors (Lipinski definition) is 3. The van der Waals surface area contributed by atoms with Crippen LogP contribution in [0.15, 0.2) is 39.8 Å². The predicted octanol–water partition coefficient (Wildman–Crippen LogP) is 4.33. The maximum atomic E-state index is 6.35. The lowest BCUT2D eigenvalue weighted by Crippen LogP contribution is -2.20. The molecule has 0 radical (unpaired) electrons. The second-order valence-corrected chi connectivity index (χ2v) is 7.10.